The van der Waals surface area contributed by atoms with Crippen LogP contribution in [0, 0.1) is 12.7 Å². The minimum Gasteiger partial charge on any atom is -0.448 e. The Labute approximate surface area is 193 Å². The summed E-state index contributed by atoms with van der Waals surface area (Å²) in [5, 5.41) is 0. The Hall–Kier alpha value is -3.40. The highest BCUT2D eigenvalue weighted by Gasteiger charge is 2.41. The van der Waals surface area contributed by atoms with Crippen molar-refractivity contribution in [3.63, 3.8) is 0 Å². The molecule has 2 heterocycles. The van der Waals surface area contributed by atoms with E-state index in [-0.39, 0.29) is 29.9 Å². The van der Waals surface area contributed by atoms with Crippen molar-refractivity contribution in [2.45, 2.75) is 44.2 Å². The molecule has 33 heavy (non-hydrogen) atoms. The van der Waals surface area contributed by atoms with E-state index >= 15 is 0 Å². The van der Waals surface area contributed by atoms with Crippen LogP contribution < -0.4 is 0 Å². The third kappa shape index (κ3) is 3.28. The van der Waals surface area contributed by atoms with E-state index in [9.17, 15) is 9.18 Å². The molecule has 1 amide bonds. The van der Waals surface area contributed by atoms with Crippen LogP contribution in [0.4, 0.5) is 9.18 Å². The van der Waals surface area contributed by atoms with E-state index < -0.39 is 0 Å². The van der Waals surface area contributed by atoms with Crippen LogP contribution in [-0.4, -0.2) is 29.7 Å². The summed E-state index contributed by atoms with van der Waals surface area (Å²) < 4.78 is 20.6. The summed E-state index contributed by atoms with van der Waals surface area (Å²) in [5.41, 5.74) is 7.19. The molecule has 0 aromatic heterocycles. The molecule has 6 rings (SSSR count). The van der Waals surface area contributed by atoms with E-state index in [1.54, 1.807) is 13.0 Å². The van der Waals surface area contributed by atoms with Crippen LogP contribution in [0.15, 0.2) is 72.8 Å². The molecular formula is C29H26FNO2. The summed E-state index contributed by atoms with van der Waals surface area (Å²) in [6, 6.07) is 22.3. The molecule has 1 fully saturated rings. The average molecular weight is 440 g/mol. The van der Waals surface area contributed by atoms with Crippen LogP contribution in [0.25, 0.3) is 16.7 Å². The Kier molecular flexibility index (Phi) is 4.83. The highest BCUT2D eigenvalue weighted by atomic mass is 19.1. The highest BCUT2D eigenvalue weighted by Crippen LogP contribution is 2.45. The highest BCUT2D eigenvalue weighted by molar-refractivity contribution is 5.79. The first-order valence-electron chi connectivity index (χ1n) is 11.7. The van der Waals surface area contributed by atoms with Crippen molar-refractivity contribution in [3.8, 4) is 11.1 Å². The van der Waals surface area contributed by atoms with Crippen molar-refractivity contribution in [1.29, 1.82) is 0 Å². The molecule has 1 aliphatic carbocycles. The molecule has 0 radical (unpaired) electrons. The lowest BCUT2D eigenvalue weighted by Gasteiger charge is -2.33. The summed E-state index contributed by atoms with van der Waals surface area (Å²) >= 11 is 0. The Morgan fingerprint density at radius 2 is 1.61 bits per heavy atom. The van der Waals surface area contributed by atoms with Crippen molar-refractivity contribution in [1.82, 2.24) is 4.90 Å². The molecule has 3 aromatic rings. The van der Waals surface area contributed by atoms with Crippen LogP contribution >= 0.6 is 0 Å². The number of carbonyl (C=O) groups excluding carboxylic acids is 1. The quantitative estimate of drug-likeness (QED) is 0.454. The summed E-state index contributed by atoms with van der Waals surface area (Å²) in [7, 11) is 0. The maximum Gasteiger partial charge on any atom is 0.410 e. The van der Waals surface area contributed by atoms with Gasteiger partial charge in [0.25, 0.3) is 0 Å². The standard InChI is InChI=1S/C29H26FNO2/c1-18-7-6-12-22(28(18)30)19-15-20-13-14-21(16-19)31(20)29(32)33-17-27-25-10-4-2-8-23(25)24-9-3-5-11-26(24)27/h2-12,15,20-21,27H,13-14,16-17H2,1H3. The fourth-order valence-electron chi connectivity index (χ4n) is 5.88. The van der Waals surface area contributed by atoms with E-state index in [0.29, 0.717) is 24.2 Å². The third-order valence-electron chi connectivity index (χ3n) is 7.48. The Morgan fingerprint density at radius 3 is 2.30 bits per heavy atom. The number of halogens is 1. The van der Waals surface area contributed by atoms with Gasteiger partial charge in [-0.05, 0) is 59.6 Å². The topological polar surface area (TPSA) is 29.5 Å². The number of ether oxygens (including phenoxy) is 1. The van der Waals surface area contributed by atoms with E-state index in [4.69, 9.17) is 4.74 Å². The third-order valence-corrected chi connectivity index (χ3v) is 7.48. The predicted molar refractivity (Wildman–Crippen MR) is 127 cm³/mol. The predicted octanol–water partition coefficient (Wildman–Crippen LogP) is 6.70. The molecule has 2 unspecified atom stereocenters. The van der Waals surface area contributed by atoms with E-state index in [1.807, 2.05) is 29.2 Å². The number of nitrogens with zero attached hydrogens (tertiary/aromatic N) is 1. The van der Waals surface area contributed by atoms with Gasteiger partial charge in [-0.25, -0.2) is 9.18 Å². The van der Waals surface area contributed by atoms with Gasteiger partial charge in [0, 0.05) is 17.5 Å². The summed E-state index contributed by atoms with van der Waals surface area (Å²) in [6.45, 7) is 2.12. The monoisotopic (exact) mass is 439 g/mol. The number of rotatable bonds is 3. The fraction of sp³-hybridized carbons (Fsp3) is 0.276. The van der Waals surface area contributed by atoms with Crippen LogP contribution in [0.2, 0.25) is 0 Å². The number of hydrogen-bond donors (Lipinski definition) is 0. The number of amides is 1. The lowest BCUT2D eigenvalue weighted by atomic mass is 9.93. The molecule has 2 atom stereocenters. The largest absolute Gasteiger partial charge is 0.448 e. The maximum atomic E-state index is 14.7. The number of carbonyl (C=O) groups is 1. The second-order valence-electron chi connectivity index (χ2n) is 9.34. The molecule has 3 nitrogen and oxygen atoms in total. The SMILES string of the molecule is Cc1cccc(C2=CC3CCC(C2)N3C(=O)OCC2c3ccccc3-c3ccccc32)c1F. The lowest BCUT2D eigenvalue weighted by molar-refractivity contribution is 0.0866. The van der Waals surface area contributed by atoms with Crippen molar-refractivity contribution in [3.05, 3.63) is 101 Å². The summed E-state index contributed by atoms with van der Waals surface area (Å²) in [6.07, 6.45) is 4.29. The second-order valence-corrected chi connectivity index (χ2v) is 9.34. The molecule has 0 saturated carbocycles. The lowest BCUT2D eigenvalue weighted by Crippen LogP contribution is -2.43. The molecule has 2 aliphatic heterocycles. The zero-order chi connectivity index (χ0) is 22.5. The molecule has 3 aromatic carbocycles. The Balaban J connectivity index is 1.21. The first-order chi connectivity index (χ1) is 16.1. The Bertz CT molecular complexity index is 1230. The average Bonchev–Trinajstić information content (AvgIpc) is 3.30. The van der Waals surface area contributed by atoms with Gasteiger partial charge < -0.3 is 4.74 Å². The maximum absolute atomic E-state index is 14.7. The molecule has 4 heteroatoms. The van der Waals surface area contributed by atoms with Gasteiger partial charge in [0.15, 0.2) is 0 Å². The molecule has 0 spiro atoms. The minimum atomic E-state index is -0.260. The van der Waals surface area contributed by atoms with Crippen molar-refractivity contribution in [2.24, 2.45) is 0 Å². The molecular weight excluding hydrogens is 413 g/mol. The van der Waals surface area contributed by atoms with Crippen molar-refractivity contribution >= 4 is 11.7 Å². The molecule has 166 valence electrons. The number of benzene rings is 3. The van der Waals surface area contributed by atoms with Crippen LogP contribution in [0.5, 0.6) is 0 Å². The van der Waals surface area contributed by atoms with Crippen molar-refractivity contribution < 1.29 is 13.9 Å². The number of fused-ring (bicyclic) bond motifs is 5. The van der Waals surface area contributed by atoms with E-state index in [1.165, 1.54) is 22.3 Å². The van der Waals surface area contributed by atoms with Crippen LogP contribution in [0.1, 0.15) is 47.4 Å². The van der Waals surface area contributed by atoms with Gasteiger partial charge >= 0.3 is 6.09 Å². The first-order valence-corrected chi connectivity index (χ1v) is 11.7. The van der Waals surface area contributed by atoms with Gasteiger partial charge in [0.2, 0.25) is 0 Å². The van der Waals surface area contributed by atoms with Gasteiger partial charge in [-0.2, -0.15) is 0 Å². The van der Waals surface area contributed by atoms with Gasteiger partial charge in [0.1, 0.15) is 12.4 Å². The molecule has 3 aliphatic rings. The van der Waals surface area contributed by atoms with Gasteiger partial charge in [0.05, 0.1) is 6.04 Å². The molecule has 0 N–H and O–H groups in total. The van der Waals surface area contributed by atoms with Gasteiger partial charge in [-0.15, -0.1) is 0 Å². The van der Waals surface area contributed by atoms with Crippen LogP contribution in [0.3, 0.4) is 0 Å². The zero-order valence-electron chi connectivity index (χ0n) is 18.6. The van der Waals surface area contributed by atoms with Crippen LogP contribution in [-0.2, 0) is 4.74 Å². The van der Waals surface area contributed by atoms with Crippen molar-refractivity contribution in [2.75, 3.05) is 6.61 Å². The fourth-order valence-corrected chi connectivity index (χ4v) is 5.88. The van der Waals surface area contributed by atoms with Gasteiger partial charge in [-0.1, -0.05) is 72.8 Å². The Morgan fingerprint density at radius 1 is 0.939 bits per heavy atom. The molecule has 1 saturated heterocycles. The number of hydrogen-bond acceptors (Lipinski definition) is 2. The van der Waals surface area contributed by atoms with Gasteiger partial charge in [-0.3, -0.25) is 4.90 Å². The van der Waals surface area contributed by atoms with E-state index in [2.05, 4.69) is 42.5 Å². The zero-order valence-corrected chi connectivity index (χ0v) is 18.6. The first kappa shape index (κ1) is 20.2. The summed E-state index contributed by atoms with van der Waals surface area (Å²) in [5.74, 6) is -0.103. The van der Waals surface area contributed by atoms with E-state index in [0.717, 1.165) is 18.4 Å². The smallest absolute Gasteiger partial charge is 0.410 e. The normalized spacial score (nSPS) is 20.9. The molecule has 2 bridgehead atoms. The summed E-state index contributed by atoms with van der Waals surface area (Å²) in [4.78, 5) is 15.1. The second kappa shape index (κ2) is 7.87. The number of aryl methyl sites for hydroxylation is 1. The minimum absolute atomic E-state index is 0.0330.